The van der Waals surface area contributed by atoms with Crippen molar-refractivity contribution < 1.29 is 9.72 Å². The summed E-state index contributed by atoms with van der Waals surface area (Å²) in [7, 11) is 1.61. The number of carbonyl (C=O) groups excluding carboxylic acids is 1. The molecule has 0 bridgehead atoms. The normalized spacial score (nSPS) is 11.9. The Kier molecular flexibility index (Phi) is 5.39. The molecule has 116 valence electrons. The summed E-state index contributed by atoms with van der Waals surface area (Å²) < 4.78 is 0. The molecule has 1 aromatic rings. The van der Waals surface area contributed by atoms with E-state index in [2.05, 4.69) is 25.9 Å². The number of rotatable bonds is 6. The molecule has 1 aromatic heterocycles. The lowest BCUT2D eigenvalue weighted by Gasteiger charge is -2.17. The fourth-order valence-corrected chi connectivity index (χ4v) is 1.68. The van der Waals surface area contributed by atoms with Crippen LogP contribution in [0.5, 0.6) is 0 Å². The van der Waals surface area contributed by atoms with Crippen molar-refractivity contribution in [1.82, 2.24) is 15.3 Å². The summed E-state index contributed by atoms with van der Waals surface area (Å²) in [5.74, 6) is 0.00175. The predicted octanol–water partition coefficient (Wildman–Crippen LogP) is 1.06. The second-order valence-electron chi connectivity index (χ2n) is 4.87. The molecule has 21 heavy (non-hydrogen) atoms. The first-order valence-corrected chi connectivity index (χ1v) is 6.54. The maximum atomic E-state index is 11.9. The number of hydrogen-bond donors (Lipinski definition) is 3. The Hall–Kier alpha value is -2.45. The highest BCUT2D eigenvalue weighted by atomic mass is 16.6. The first kappa shape index (κ1) is 16.6. The monoisotopic (exact) mass is 296 g/mol. The number of anilines is 2. The van der Waals surface area contributed by atoms with Gasteiger partial charge in [-0.2, -0.15) is 4.98 Å². The van der Waals surface area contributed by atoms with Crippen molar-refractivity contribution in [1.29, 1.82) is 0 Å². The number of nitrogens with one attached hydrogen (secondary N) is 3. The van der Waals surface area contributed by atoms with Crippen molar-refractivity contribution in [3.63, 3.8) is 0 Å². The predicted molar refractivity (Wildman–Crippen MR) is 79.3 cm³/mol. The molecule has 0 aliphatic rings. The van der Waals surface area contributed by atoms with Crippen molar-refractivity contribution in [2.24, 2.45) is 0 Å². The van der Waals surface area contributed by atoms with Gasteiger partial charge in [0.25, 0.3) is 0 Å². The third kappa shape index (κ3) is 4.26. The van der Waals surface area contributed by atoms with E-state index in [1.165, 1.54) is 6.92 Å². The maximum absolute atomic E-state index is 11.9. The fourth-order valence-electron chi connectivity index (χ4n) is 1.68. The van der Waals surface area contributed by atoms with Gasteiger partial charge in [0.05, 0.1) is 4.92 Å². The van der Waals surface area contributed by atoms with Crippen molar-refractivity contribution in [3.05, 3.63) is 15.8 Å². The first-order chi connectivity index (χ1) is 9.76. The molecular weight excluding hydrogens is 276 g/mol. The molecule has 9 nitrogen and oxygen atoms in total. The van der Waals surface area contributed by atoms with Crippen LogP contribution in [0.4, 0.5) is 17.5 Å². The second kappa shape index (κ2) is 6.82. The third-order valence-corrected chi connectivity index (χ3v) is 2.64. The van der Waals surface area contributed by atoms with Gasteiger partial charge in [0.15, 0.2) is 0 Å². The van der Waals surface area contributed by atoms with Crippen LogP contribution in [0.15, 0.2) is 0 Å². The van der Waals surface area contributed by atoms with Gasteiger partial charge in [-0.1, -0.05) is 0 Å². The molecule has 0 radical (unpaired) electrons. The Balaban J connectivity index is 3.08. The molecule has 0 aromatic carbocycles. The molecule has 1 rings (SSSR count). The number of nitrogens with zero attached hydrogens (tertiary/aromatic N) is 3. The van der Waals surface area contributed by atoms with Crippen LogP contribution in [0, 0.1) is 17.0 Å². The quantitative estimate of drug-likeness (QED) is 0.530. The smallest absolute Gasteiger partial charge is 0.332 e. The SMILES string of the molecule is CNc1nc(C)c([N+](=O)[O-])c(NC(C)C(=O)NC(C)C)n1. The van der Waals surface area contributed by atoms with Gasteiger partial charge in [-0.05, 0) is 27.7 Å². The Morgan fingerprint density at radius 1 is 1.29 bits per heavy atom. The number of nitro groups is 1. The highest BCUT2D eigenvalue weighted by Crippen LogP contribution is 2.26. The summed E-state index contributed by atoms with van der Waals surface area (Å²) in [6, 6.07) is -0.679. The summed E-state index contributed by atoms with van der Waals surface area (Å²) >= 11 is 0. The van der Waals surface area contributed by atoms with E-state index in [0.29, 0.717) is 0 Å². The van der Waals surface area contributed by atoms with Crippen LogP contribution >= 0.6 is 0 Å². The largest absolute Gasteiger partial charge is 0.357 e. The van der Waals surface area contributed by atoms with E-state index in [9.17, 15) is 14.9 Å². The zero-order valence-corrected chi connectivity index (χ0v) is 12.7. The van der Waals surface area contributed by atoms with Gasteiger partial charge in [0.1, 0.15) is 11.7 Å². The molecule has 0 aliphatic carbocycles. The minimum Gasteiger partial charge on any atom is -0.357 e. The number of hydrogen-bond acceptors (Lipinski definition) is 7. The maximum Gasteiger partial charge on any atom is 0.332 e. The average Bonchev–Trinajstić information content (AvgIpc) is 2.36. The van der Waals surface area contributed by atoms with Crippen LogP contribution in [-0.2, 0) is 4.79 Å². The number of carbonyl (C=O) groups is 1. The van der Waals surface area contributed by atoms with Gasteiger partial charge in [0, 0.05) is 13.1 Å². The first-order valence-electron chi connectivity index (χ1n) is 6.54. The van der Waals surface area contributed by atoms with Crippen LogP contribution in [-0.4, -0.2) is 39.9 Å². The Bertz CT molecular complexity index is 546. The van der Waals surface area contributed by atoms with Gasteiger partial charge >= 0.3 is 5.69 Å². The summed E-state index contributed by atoms with van der Waals surface area (Å²) in [4.78, 5) is 30.4. The molecule has 0 saturated heterocycles. The summed E-state index contributed by atoms with van der Waals surface area (Å²) in [6.07, 6.45) is 0. The lowest BCUT2D eigenvalue weighted by atomic mass is 10.2. The van der Waals surface area contributed by atoms with Gasteiger partial charge < -0.3 is 16.0 Å². The average molecular weight is 296 g/mol. The molecular formula is C12H20N6O3. The van der Waals surface area contributed by atoms with Crippen LogP contribution in [0.3, 0.4) is 0 Å². The van der Waals surface area contributed by atoms with Crippen molar-refractivity contribution in [2.75, 3.05) is 17.7 Å². The zero-order chi connectivity index (χ0) is 16.2. The summed E-state index contributed by atoms with van der Waals surface area (Å²) in [5, 5.41) is 19.4. The van der Waals surface area contributed by atoms with Gasteiger partial charge in [-0.15, -0.1) is 0 Å². The topological polar surface area (TPSA) is 122 Å². The third-order valence-electron chi connectivity index (χ3n) is 2.64. The highest BCUT2D eigenvalue weighted by molar-refractivity contribution is 5.84. The van der Waals surface area contributed by atoms with E-state index in [1.807, 2.05) is 13.8 Å². The Labute approximate surface area is 122 Å². The van der Waals surface area contributed by atoms with E-state index in [4.69, 9.17) is 0 Å². The summed E-state index contributed by atoms with van der Waals surface area (Å²) in [5.41, 5.74) is -0.0171. The fraction of sp³-hybridized carbons (Fsp3) is 0.583. The number of aromatic nitrogens is 2. The number of aryl methyl sites for hydroxylation is 1. The minimum atomic E-state index is -0.662. The number of amides is 1. The molecule has 1 atom stereocenters. The van der Waals surface area contributed by atoms with Crippen LogP contribution in [0.25, 0.3) is 0 Å². The molecule has 1 amide bonds. The van der Waals surface area contributed by atoms with E-state index < -0.39 is 11.0 Å². The molecule has 0 spiro atoms. The molecule has 3 N–H and O–H groups in total. The highest BCUT2D eigenvalue weighted by Gasteiger charge is 2.25. The minimum absolute atomic E-state index is 0.0169. The van der Waals surface area contributed by atoms with Gasteiger partial charge in [-0.3, -0.25) is 14.9 Å². The molecule has 1 unspecified atom stereocenters. The standard InChI is InChI=1S/C12H20N6O3/c1-6(2)14-11(19)8(4)15-10-9(18(20)21)7(3)16-12(13-5)17-10/h6,8H,1-5H3,(H,14,19)(H2,13,15,16,17). The molecule has 0 saturated carbocycles. The van der Waals surface area contributed by atoms with E-state index in [0.717, 1.165) is 0 Å². The molecule has 0 fully saturated rings. The Morgan fingerprint density at radius 2 is 1.90 bits per heavy atom. The second-order valence-corrected chi connectivity index (χ2v) is 4.87. The summed E-state index contributed by atoms with van der Waals surface area (Å²) in [6.45, 7) is 6.80. The van der Waals surface area contributed by atoms with Crippen molar-refractivity contribution in [2.45, 2.75) is 39.8 Å². The molecule has 0 aliphatic heterocycles. The Morgan fingerprint density at radius 3 is 2.38 bits per heavy atom. The van der Waals surface area contributed by atoms with Crippen molar-refractivity contribution in [3.8, 4) is 0 Å². The lowest BCUT2D eigenvalue weighted by Crippen LogP contribution is -2.41. The zero-order valence-electron chi connectivity index (χ0n) is 12.7. The van der Waals surface area contributed by atoms with Crippen LogP contribution < -0.4 is 16.0 Å². The van der Waals surface area contributed by atoms with E-state index in [-0.39, 0.29) is 35.1 Å². The molecule has 1 heterocycles. The van der Waals surface area contributed by atoms with Gasteiger partial charge in [-0.25, -0.2) is 4.98 Å². The van der Waals surface area contributed by atoms with E-state index >= 15 is 0 Å². The van der Waals surface area contributed by atoms with E-state index in [1.54, 1.807) is 14.0 Å². The lowest BCUT2D eigenvalue weighted by molar-refractivity contribution is -0.385. The van der Waals surface area contributed by atoms with Gasteiger partial charge in [0.2, 0.25) is 17.7 Å². The van der Waals surface area contributed by atoms with Crippen LogP contribution in [0.2, 0.25) is 0 Å². The van der Waals surface area contributed by atoms with Crippen molar-refractivity contribution >= 4 is 23.4 Å². The van der Waals surface area contributed by atoms with Crippen LogP contribution in [0.1, 0.15) is 26.5 Å². The molecule has 9 heteroatoms.